The van der Waals surface area contributed by atoms with Gasteiger partial charge in [0, 0.05) is 18.2 Å². The summed E-state index contributed by atoms with van der Waals surface area (Å²) < 4.78 is 25.9. The predicted octanol–water partition coefficient (Wildman–Crippen LogP) is 3.20. The Balaban J connectivity index is 1.98. The highest BCUT2D eigenvalue weighted by atomic mass is 19.2. The summed E-state index contributed by atoms with van der Waals surface area (Å²) in [5.41, 5.74) is 5.97. The average Bonchev–Trinajstić information content (AvgIpc) is 2.44. The Kier molecular flexibility index (Phi) is 4.70. The second-order valence-electron chi connectivity index (χ2n) is 5.62. The molecule has 0 saturated heterocycles. The highest BCUT2D eigenvalue weighted by Gasteiger charge is 2.32. The second kappa shape index (κ2) is 6.31. The van der Waals surface area contributed by atoms with Crippen molar-refractivity contribution in [1.82, 2.24) is 0 Å². The van der Waals surface area contributed by atoms with Crippen LogP contribution >= 0.6 is 0 Å². The first-order valence-corrected chi connectivity index (χ1v) is 7.00. The number of carbonyl (C=O) groups is 1. The molecular formula is C15H20F2N2O. The summed E-state index contributed by atoms with van der Waals surface area (Å²) in [4.78, 5) is 12.1. The van der Waals surface area contributed by atoms with E-state index in [-0.39, 0.29) is 17.0 Å². The fourth-order valence-corrected chi connectivity index (χ4v) is 2.87. The minimum absolute atomic E-state index is 0.138. The van der Waals surface area contributed by atoms with Crippen LogP contribution in [0.4, 0.5) is 14.5 Å². The van der Waals surface area contributed by atoms with E-state index in [4.69, 9.17) is 5.73 Å². The number of rotatable bonds is 4. The maximum atomic E-state index is 13.1. The highest BCUT2D eigenvalue weighted by Crippen LogP contribution is 2.38. The number of nitrogens with one attached hydrogen (secondary N) is 1. The maximum Gasteiger partial charge on any atom is 0.224 e. The van der Waals surface area contributed by atoms with E-state index in [1.54, 1.807) is 0 Å². The van der Waals surface area contributed by atoms with Gasteiger partial charge in [0.2, 0.25) is 5.91 Å². The molecule has 1 aliphatic rings. The molecule has 3 N–H and O–H groups in total. The van der Waals surface area contributed by atoms with Crippen molar-refractivity contribution in [3.63, 3.8) is 0 Å². The van der Waals surface area contributed by atoms with Gasteiger partial charge in [-0.25, -0.2) is 8.78 Å². The molecule has 1 amide bonds. The second-order valence-corrected chi connectivity index (χ2v) is 5.62. The lowest BCUT2D eigenvalue weighted by Gasteiger charge is -2.35. The third kappa shape index (κ3) is 3.54. The molecule has 0 aromatic heterocycles. The number of amides is 1. The SMILES string of the molecule is NCC1(CC(=O)Nc2ccc(F)c(F)c2)CCCCC1. The highest BCUT2D eigenvalue weighted by molar-refractivity contribution is 5.91. The smallest absolute Gasteiger partial charge is 0.224 e. The molecule has 1 fully saturated rings. The lowest BCUT2D eigenvalue weighted by atomic mass is 9.71. The molecule has 20 heavy (non-hydrogen) atoms. The molecular weight excluding hydrogens is 262 g/mol. The Morgan fingerprint density at radius 3 is 2.50 bits per heavy atom. The molecule has 2 rings (SSSR count). The van der Waals surface area contributed by atoms with Gasteiger partial charge in [0.05, 0.1) is 0 Å². The molecule has 1 saturated carbocycles. The van der Waals surface area contributed by atoms with Crippen molar-refractivity contribution in [2.75, 3.05) is 11.9 Å². The van der Waals surface area contributed by atoms with E-state index in [2.05, 4.69) is 5.32 Å². The standard InChI is InChI=1S/C15H20F2N2O/c16-12-5-4-11(8-13(12)17)19-14(20)9-15(10-18)6-2-1-3-7-15/h4-5,8H,1-3,6-7,9-10,18H2,(H,19,20). The quantitative estimate of drug-likeness (QED) is 0.891. The van der Waals surface area contributed by atoms with Gasteiger partial charge >= 0.3 is 0 Å². The maximum absolute atomic E-state index is 13.1. The molecule has 1 aromatic carbocycles. The topological polar surface area (TPSA) is 55.1 Å². The molecule has 0 radical (unpaired) electrons. The van der Waals surface area contributed by atoms with Crippen molar-refractivity contribution in [2.45, 2.75) is 38.5 Å². The summed E-state index contributed by atoms with van der Waals surface area (Å²) >= 11 is 0. The number of benzene rings is 1. The molecule has 0 unspecified atom stereocenters. The zero-order chi connectivity index (χ0) is 14.6. The Hall–Kier alpha value is -1.49. The molecule has 0 heterocycles. The zero-order valence-corrected chi connectivity index (χ0v) is 11.4. The summed E-state index contributed by atoms with van der Waals surface area (Å²) in [6.45, 7) is 0.484. The van der Waals surface area contributed by atoms with Crippen molar-refractivity contribution in [3.05, 3.63) is 29.8 Å². The van der Waals surface area contributed by atoms with Crippen LogP contribution in [0.15, 0.2) is 18.2 Å². The summed E-state index contributed by atoms with van der Waals surface area (Å²) in [7, 11) is 0. The number of anilines is 1. The molecule has 0 spiro atoms. The van der Waals surface area contributed by atoms with Gasteiger partial charge in [0.15, 0.2) is 11.6 Å². The van der Waals surface area contributed by atoms with E-state index in [1.807, 2.05) is 0 Å². The Bertz CT molecular complexity index is 485. The van der Waals surface area contributed by atoms with Gasteiger partial charge < -0.3 is 11.1 Å². The average molecular weight is 282 g/mol. The molecule has 1 aromatic rings. The third-order valence-corrected chi connectivity index (χ3v) is 4.09. The molecule has 0 bridgehead atoms. The van der Waals surface area contributed by atoms with Gasteiger partial charge in [0.1, 0.15) is 0 Å². The minimum atomic E-state index is -0.964. The largest absolute Gasteiger partial charge is 0.330 e. The van der Waals surface area contributed by atoms with Crippen LogP contribution in [0.2, 0.25) is 0 Å². The van der Waals surface area contributed by atoms with Crippen LogP contribution in [0.3, 0.4) is 0 Å². The first kappa shape index (κ1) is 14.9. The number of hydrogen-bond donors (Lipinski definition) is 2. The number of hydrogen-bond acceptors (Lipinski definition) is 2. The van der Waals surface area contributed by atoms with Gasteiger partial charge in [-0.15, -0.1) is 0 Å². The Morgan fingerprint density at radius 2 is 1.90 bits per heavy atom. The van der Waals surface area contributed by atoms with Crippen molar-refractivity contribution in [2.24, 2.45) is 11.1 Å². The molecule has 0 atom stereocenters. The van der Waals surface area contributed by atoms with Gasteiger partial charge in [-0.1, -0.05) is 19.3 Å². The first-order valence-electron chi connectivity index (χ1n) is 7.00. The minimum Gasteiger partial charge on any atom is -0.330 e. The van der Waals surface area contributed by atoms with E-state index in [0.29, 0.717) is 13.0 Å². The van der Waals surface area contributed by atoms with E-state index in [0.717, 1.165) is 37.8 Å². The number of halogens is 2. The van der Waals surface area contributed by atoms with Gasteiger partial charge in [-0.05, 0) is 36.9 Å². The van der Waals surface area contributed by atoms with Crippen LogP contribution in [-0.2, 0) is 4.79 Å². The molecule has 1 aliphatic carbocycles. The molecule has 5 heteroatoms. The summed E-state index contributed by atoms with van der Waals surface area (Å²) in [5, 5.41) is 2.62. The predicted molar refractivity (Wildman–Crippen MR) is 74.2 cm³/mol. The van der Waals surface area contributed by atoms with Crippen LogP contribution in [0.5, 0.6) is 0 Å². The normalized spacial score (nSPS) is 17.8. The molecule has 0 aliphatic heterocycles. The number of carbonyl (C=O) groups excluding carboxylic acids is 1. The van der Waals surface area contributed by atoms with Crippen LogP contribution in [0, 0.1) is 17.0 Å². The van der Waals surface area contributed by atoms with E-state index >= 15 is 0 Å². The zero-order valence-electron chi connectivity index (χ0n) is 11.4. The fourth-order valence-electron chi connectivity index (χ4n) is 2.87. The third-order valence-electron chi connectivity index (χ3n) is 4.09. The van der Waals surface area contributed by atoms with E-state index in [9.17, 15) is 13.6 Å². The number of nitrogens with two attached hydrogens (primary N) is 1. The molecule has 110 valence electrons. The lowest BCUT2D eigenvalue weighted by Crippen LogP contribution is -2.36. The van der Waals surface area contributed by atoms with E-state index < -0.39 is 11.6 Å². The molecule has 3 nitrogen and oxygen atoms in total. The fraction of sp³-hybridized carbons (Fsp3) is 0.533. The van der Waals surface area contributed by atoms with Crippen LogP contribution < -0.4 is 11.1 Å². The van der Waals surface area contributed by atoms with Gasteiger partial charge in [-0.2, -0.15) is 0 Å². The van der Waals surface area contributed by atoms with Crippen LogP contribution in [-0.4, -0.2) is 12.5 Å². The van der Waals surface area contributed by atoms with Gasteiger partial charge in [0.25, 0.3) is 0 Å². The van der Waals surface area contributed by atoms with Crippen molar-refractivity contribution < 1.29 is 13.6 Å². The van der Waals surface area contributed by atoms with Gasteiger partial charge in [-0.3, -0.25) is 4.79 Å². The Morgan fingerprint density at radius 1 is 1.20 bits per heavy atom. The lowest BCUT2D eigenvalue weighted by molar-refractivity contribution is -0.118. The van der Waals surface area contributed by atoms with Crippen molar-refractivity contribution >= 4 is 11.6 Å². The monoisotopic (exact) mass is 282 g/mol. The first-order chi connectivity index (χ1) is 9.54. The van der Waals surface area contributed by atoms with E-state index in [1.165, 1.54) is 12.5 Å². The van der Waals surface area contributed by atoms with Crippen LogP contribution in [0.25, 0.3) is 0 Å². The summed E-state index contributed by atoms with van der Waals surface area (Å²) in [6, 6.07) is 3.35. The van der Waals surface area contributed by atoms with Crippen molar-refractivity contribution in [3.8, 4) is 0 Å². The summed E-state index contributed by atoms with van der Waals surface area (Å²) in [5.74, 6) is -2.08. The van der Waals surface area contributed by atoms with Crippen LogP contribution in [0.1, 0.15) is 38.5 Å². The Labute approximate surface area is 117 Å². The summed E-state index contributed by atoms with van der Waals surface area (Å²) in [6.07, 6.45) is 5.61. The van der Waals surface area contributed by atoms with Crippen molar-refractivity contribution in [1.29, 1.82) is 0 Å².